The van der Waals surface area contributed by atoms with Gasteiger partial charge in [0.05, 0.1) is 22.1 Å². The Labute approximate surface area is 310 Å². The number of rotatable bonds is 5. The van der Waals surface area contributed by atoms with Crippen molar-refractivity contribution >= 4 is 54.5 Å². The highest BCUT2D eigenvalue weighted by Crippen LogP contribution is 2.42. The van der Waals surface area contributed by atoms with Crippen molar-refractivity contribution in [2.45, 2.75) is 0 Å². The van der Waals surface area contributed by atoms with Crippen molar-refractivity contribution in [1.82, 2.24) is 19.5 Å². The molecule has 8 aromatic carbocycles. The molecule has 0 unspecified atom stereocenters. The van der Waals surface area contributed by atoms with Crippen LogP contribution in [0.2, 0.25) is 0 Å². The number of para-hydroxylation sites is 3. The summed E-state index contributed by atoms with van der Waals surface area (Å²) in [5.74, 6) is 1.86. The molecule has 5 nitrogen and oxygen atoms in total. The first-order valence-electron chi connectivity index (χ1n) is 18.1. The third-order valence-electron chi connectivity index (χ3n) is 10.4. The van der Waals surface area contributed by atoms with Gasteiger partial charge in [0.2, 0.25) is 0 Å². The van der Waals surface area contributed by atoms with Gasteiger partial charge in [0, 0.05) is 38.2 Å². The van der Waals surface area contributed by atoms with Crippen LogP contribution in [0.4, 0.5) is 0 Å². The second-order valence-electron chi connectivity index (χ2n) is 13.6. The summed E-state index contributed by atoms with van der Waals surface area (Å²) in [7, 11) is 0. The van der Waals surface area contributed by atoms with Gasteiger partial charge in [-0.3, -0.25) is 0 Å². The first-order chi connectivity index (χ1) is 26.8. The lowest BCUT2D eigenvalue weighted by molar-refractivity contribution is 0.672. The van der Waals surface area contributed by atoms with Crippen molar-refractivity contribution in [3.8, 4) is 51.0 Å². The fraction of sp³-hybridized carbons (Fsp3) is 0. The van der Waals surface area contributed by atoms with Crippen LogP contribution in [-0.4, -0.2) is 19.5 Å². The van der Waals surface area contributed by atoms with E-state index >= 15 is 0 Å². The third-order valence-corrected chi connectivity index (χ3v) is 10.4. The van der Waals surface area contributed by atoms with Gasteiger partial charge >= 0.3 is 0 Å². The molecule has 5 heteroatoms. The summed E-state index contributed by atoms with van der Waals surface area (Å²) in [5, 5.41) is 6.67. The minimum atomic E-state index is 0.607. The second-order valence-corrected chi connectivity index (χ2v) is 13.6. The van der Waals surface area contributed by atoms with Crippen LogP contribution in [0.3, 0.4) is 0 Å². The van der Waals surface area contributed by atoms with Gasteiger partial charge in [0.1, 0.15) is 11.2 Å². The van der Waals surface area contributed by atoms with E-state index in [1.165, 1.54) is 16.3 Å². The molecule has 0 aliphatic rings. The summed E-state index contributed by atoms with van der Waals surface area (Å²) in [6, 6.07) is 63.2. The molecule has 0 saturated heterocycles. The zero-order valence-corrected chi connectivity index (χ0v) is 29.0. The van der Waals surface area contributed by atoms with Gasteiger partial charge in [0.25, 0.3) is 0 Å². The van der Waals surface area contributed by atoms with Crippen LogP contribution < -0.4 is 0 Å². The number of aromatic nitrogens is 4. The Balaban J connectivity index is 1.14. The normalized spacial score (nSPS) is 11.7. The van der Waals surface area contributed by atoms with E-state index < -0.39 is 0 Å². The zero-order chi connectivity index (χ0) is 35.6. The maximum absolute atomic E-state index is 6.72. The molecule has 0 aliphatic heterocycles. The number of furan rings is 1. The van der Waals surface area contributed by atoms with E-state index in [0.29, 0.717) is 17.5 Å². The molecule has 252 valence electrons. The van der Waals surface area contributed by atoms with Crippen molar-refractivity contribution < 1.29 is 4.42 Å². The van der Waals surface area contributed by atoms with Gasteiger partial charge in [-0.2, -0.15) is 0 Å². The molecule has 3 heterocycles. The molecule has 0 amide bonds. The van der Waals surface area contributed by atoms with Crippen LogP contribution in [-0.2, 0) is 0 Å². The van der Waals surface area contributed by atoms with Crippen molar-refractivity contribution in [3.05, 3.63) is 182 Å². The predicted molar refractivity (Wildman–Crippen MR) is 221 cm³/mol. The molecule has 3 aromatic heterocycles. The SMILES string of the molecule is c1ccc(-c2ccc(-c3nc(-c4ccccc4)nc(-c4ccc5c(c4)cc(-n4c6ccccc6c6ccccc64)c4c6ccccc6oc54)n3)cc2)cc1. The van der Waals surface area contributed by atoms with E-state index in [0.717, 1.165) is 71.7 Å². The fourth-order valence-electron chi connectivity index (χ4n) is 7.89. The molecule has 0 fully saturated rings. The average molecular weight is 691 g/mol. The number of hydrogen-bond donors (Lipinski definition) is 0. The van der Waals surface area contributed by atoms with Gasteiger partial charge in [-0.1, -0.05) is 146 Å². The van der Waals surface area contributed by atoms with Crippen LogP contribution in [0.1, 0.15) is 0 Å². The molecule has 11 rings (SSSR count). The number of benzene rings is 8. The Hall–Kier alpha value is -7.37. The molecule has 11 aromatic rings. The summed E-state index contributed by atoms with van der Waals surface area (Å²) >= 11 is 0. The molecule has 0 bridgehead atoms. The topological polar surface area (TPSA) is 56.7 Å². The van der Waals surface area contributed by atoms with E-state index in [1.807, 2.05) is 42.5 Å². The van der Waals surface area contributed by atoms with Crippen molar-refractivity contribution in [2.24, 2.45) is 0 Å². The Kier molecular flexibility index (Phi) is 6.79. The van der Waals surface area contributed by atoms with Crippen LogP contribution in [0.25, 0.3) is 105 Å². The zero-order valence-electron chi connectivity index (χ0n) is 29.0. The summed E-state index contributed by atoms with van der Waals surface area (Å²) in [5.41, 5.74) is 10.1. The number of hydrogen-bond acceptors (Lipinski definition) is 4. The monoisotopic (exact) mass is 690 g/mol. The van der Waals surface area contributed by atoms with Crippen LogP contribution in [0.15, 0.2) is 186 Å². The fourth-order valence-corrected chi connectivity index (χ4v) is 7.89. The van der Waals surface area contributed by atoms with Crippen LogP contribution in [0, 0.1) is 0 Å². The Morgan fingerprint density at radius 1 is 0.370 bits per heavy atom. The van der Waals surface area contributed by atoms with E-state index in [1.54, 1.807) is 0 Å². The molecule has 0 spiro atoms. The minimum absolute atomic E-state index is 0.607. The first kappa shape index (κ1) is 30.3. The average Bonchev–Trinajstić information content (AvgIpc) is 3.81. The molecule has 0 aliphatic carbocycles. The molecule has 0 radical (unpaired) electrons. The lowest BCUT2D eigenvalue weighted by atomic mass is 10.0. The quantitative estimate of drug-likeness (QED) is 0.180. The van der Waals surface area contributed by atoms with Crippen molar-refractivity contribution in [1.29, 1.82) is 0 Å². The largest absolute Gasteiger partial charge is 0.455 e. The lowest BCUT2D eigenvalue weighted by Gasteiger charge is -2.13. The summed E-state index contributed by atoms with van der Waals surface area (Å²) in [6.07, 6.45) is 0. The van der Waals surface area contributed by atoms with Crippen molar-refractivity contribution in [3.63, 3.8) is 0 Å². The van der Waals surface area contributed by atoms with E-state index in [4.69, 9.17) is 19.4 Å². The molecular formula is C49H30N4O. The van der Waals surface area contributed by atoms with Gasteiger partial charge in [-0.25, -0.2) is 15.0 Å². The highest BCUT2D eigenvalue weighted by molar-refractivity contribution is 6.21. The Morgan fingerprint density at radius 2 is 0.852 bits per heavy atom. The Morgan fingerprint density at radius 3 is 1.52 bits per heavy atom. The van der Waals surface area contributed by atoms with E-state index in [2.05, 4.69) is 144 Å². The third kappa shape index (κ3) is 4.83. The van der Waals surface area contributed by atoms with Gasteiger partial charge in [-0.15, -0.1) is 0 Å². The van der Waals surface area contributed by atoms with E-state index in [-0.39, 0.29) is 0 Å². The highest BCUT2D eigenvalue weighted by Gasteiger charge is 2.21. The highest BCUT2D eigenvalue weighted by atomic mass is 16.3. The lowest BCUT2D eigenvalue weighted by Crippen LogP contribution is -2.00. The van der Waals surface area contributed by atoms with Crippen LogP contribution in [0.5, 0.6) is 0 Å². The standard InChI is InChI=1S/C49H30N4O/c1-3-13-31(14-4-1)32-23-25-34(26-24-32)48-50-47(33-15-5-2-6-16-33)51-49(52-48)35-27-28-37-36(29-35)30-43(45-40-19-9-12-22-44(40)54-46(37)45)53-41-20-10-7-17-38(41)39-18-8-11-21-42(39)53/h1-30H. The summed E-state index contributed by atoms with van der Waals surface area (Å²) in [6.45, 7) is 0. The number of fused-ring (bicyclic) bond motifs is 8. The summed E-state index contributed by atoms with van der Waals surface area (Å²) in [4.78, 5) is 15.2. The molecule has 0 atom stereocenters. The number of nitrogens with zero attached hydrogens (tertiary/aromatic N) is 4. The van der Waals surface area contributed by atoms with Gasteiger partial charge < -0.3 is 8.98 Å². The maximum atomic E-state index is 6.72. The molecular weight excluding hydrogens is 661 g/mol. The van der Waals surface area contributed by atoms with Gasteiger partial charge in [-0.05, 0) is 52.9 Å². The molecule has 0 N–H and O–H groups in total. The molecule has 54 heavy (non-hydrogen) atoms. The second kappa shape index (κ2) is 12.1. The molecule has 0 saturated carbocycles. The summed E-state index contributed by atoms with van der Waals surface area (Å²) < 4.78 is 9.10. The predicted octanol–water partition coefficient (Wildman–Crippen LogP) is 12.7. The van der Waals surface area contributed by atoms with Gasteiger partial charge in [0.15, 0.2) is 17.5 Å². The van der Waals surface area contributed by atoms with Crippen LogP contribution >= 0.6 is 0 Å². The Bertz CT molecular complexity index is 3150. The first-order valence-corrected chi connectivity index (χ1v) is 18.1. The van der Waals surface area contributed by atoms with E-state index in [9.17, 15) is 0 Å². The van der Waals surface area contributed by atoms with Crippen molar-refractivity contribution in [2.75, 3.05) is 0 Å². The smallest absolute Gasteiger partial charge is 0.164 e. The minimum Gasteiger partial charge on any atom is -0.455 e. The maximum Gasteiger partial charge on any atom is 0.164 e.